The van der Waals surface area contributed by atoms with Crippen molar-refractivity contribution in [3.05, 3.63) is 35.9 Å². The number of benzene rings is 1. The Morgan fingerprint density at radius 1 is 1.50 bits per heavy atom. The number of nitrogens with one attached hydrogen (secondary N) is 2. The fourth-order valence-corrected chi connectivity index (χ4v) is 1.36. The normalized spacial score (nSPS) is 11.5. The van der Waals surface area contributed by atoms with E-state index in [1.54, 1.807) is 0 Å². The molecule has 5 heteroatoms. The largest absolute Gasteiger partial charge is 0.449 e. The molecule has 1 atom stereocenters. The van der Waals surface area contributed by atoms with E-state index in [0.29, 0.717) is 13.0 Å². The molecule has 0 heterocycles. The van der Waals surface area contributed by atoms with Gasteiger partial charge in [0.15, 0.2) is 5.96 Å². The molecule has 0 aliphatic rings. The van der Waals surface area contributed by atoms with Crippen molar-refractivity contribution in [3.63, 3.8) is 0 Å². The minimum atomic E-state index is -0.356. The molecule has 85 valence electrons. The Morgan fingerprint density at radius 2 is 2.19 bits per heavy atom. The maximum Gasteiger partial charge on any atom is 0.418 e. The summed E-state index contributed by atoms with van der Waals surface area (Å²) in [5, 5.41) is 9.65. The van der Waals surface area contributed by atoms with Gasteiger partial charge in [0.2, 0.25) is 0 Å². The molecule has 1 unspecified atom stereocenters. The molecule has 0 spiro atoms. The molecule has 1 aromatic carbocycles. The van der Waals surface area contributed by atoms with E-state index in [2.05, 4.69) is 5.32 Å². The Hall–Kier alpha value is -2.04. The highest BCUT2D eigenvalue weighted by atomic mass is 16.5. The summed E-state index contributed by atoms with van der Waals surface area (Å²) >= 11 is 0. The summed E-state index contributed by atoms with van der Waals surface area (Å²) in [7, 11) is 0. The summed E-state index contributed by atoms with van der Waals surface area (Å²) in [6.45, 7) is 1.91. The zero-order chi connectivity index (χ0) is 11.8. The summed E-state index contributed by atoms with van der Waals surface area (Å²) in [6, 6.07) is 9.37. The van der Waals surface area contributed by atoms with E-state index >= 15 is 0 Å². The van der Waals surface area contributed by atoms with Crippen LogP contribution in [0.2, 0.25) is 0 Å². The van der Waals surface area contributed by atoms with E-state index in [9.17, 15) is 4.79 Å². The lowest BCUT2D eigenvalue weighted by molar-refractivity contribution is 0.170. The van der Waals surface area contributed by atoms with E-state index in [1.165, 1.54) is 6.47 Å². The molecule has 1 rings (SSSR count). The molecule has 0 saturated carbocycles. The van der Waals surface area contributed by atoms with Crippen molar-refractivity contribution in [3.8, 4) is 0 Å². The van der Waals surface area contributed by atoms with Gasteiger partial charge >= 0.3 is 6.47 Å². The third-order valence-electron chi connectivity index (χ3n) is 2.08. The first-order valence-electron chi connectivity index (χ1n) is 4.89. The monoisotopic (exact) mass is 220 g/mol. The van der Waals surface area contributed by atoms with Gasteiger partial charge in [-0.3, -0.25) is 5.41 Å². The quantitative estimate of drug-likeness (QED) is 0.486. The Labute approximate surface area is 94.1 Å². The van der Waals surface area contributed by atoms with Gasteiger partial charge in [0, 0.05) is 13.0 Å². The fraction of sp³-hybridized carbons (Fsp3) is 0.273. The second kappa shape index (κ2) is 6.44. The van der Waals surface area contributed by atoms with Crippen molar-refractivity contribution >= 4 is 12.4 Å². The fourth-order valence-electron chi connectivity index (χ4n) is 1.36. The lowest BCUT2D eigenvalue weighted by atomic mass is 10.1. The molecule has 0 aliphatic carbocycles. The second-order valence-electron chi connectivity index (χ2n) is 3.23. The third kappa shape index (κ3) is 4.00. The number of hydrogen-bond donors (Lipinski definition) is 3. The molecular formula is C11H14N3O2. The summed E-state index contributed by atoms with van der Waals surface area (Å²) in [4.78, 5) is 10.3. The number of ether oxygens (including phenoxy) is 1. The predicted octanol–water partition coefficient (Wildman–Crippen LogP) is 0.685. The topological polar surface area (TPSA) is 88.2 Å². The van der Waals surface area contributed by atoms with Crippen LogP contribution in [0.1, 0.15) is 18.1 Å². The number of guanidine groups is 1. The van der Waals surface area contributed by atoms with Gasteiger partial charge in [0.1, 0.15) is 6.10 Å². The van der Waals surface area contributed by atoms with Crippen molar-refractivity contribution in [1.29, 1.82) is 5.41 Å². The van der Waals surface area contributed by atoms with Crippen LogP contribution in [0.15, 0.2) is 30.3 Å². The average Bonchev–Trinajstić information content (AvgIpc) is 2.29. The molecule has 0 amide bonds. The number of rotatable bonds is 6. The van der Waals surface area contributed by atoms with E-state index in [0.717, 1.165) is 5.56 Å². The van der Waals surface area contributed by atoms with Gasteiger partial charge in [0.25, 0.3) is 0 Å². The van der Waals surface area contributed by atoms with Crippen molar-refractivity contribution < 1.29 is 9.53 Å². The summed E-state index contributed by atoms with van der Waals surface area (Å²) in [5.41, 5.74) is 6.04. The molecule has 1 aromatic rings. The lowest BCUT2D eigenvalue weighted by Crippen LogP contribution is -2.31. The minimum absolute atomic E-state index is 0.0955. The SMILES string of the molecule is N=C(N)NCCC(O[C]=O)c1ccccc1. The van der Waals surface area contributed by atoms with E-state index in [-0.39, 0.29) is 12.1 Å². The van der Waals surface area contributed by atoms with Crippen LogP contribution in [-0.2, 0) is 9.53 Å². The average molecular weight is 220 g/mol. The summed E-state index contributed by atoms with van der Waals surface area (Å²) in [6.07, 6.45) is 0.185. The molecule has 4 N–H and O–H groups in total. The van der Waals surface area contributed by atoms with Gasteiger partial charge in [-0.05, 0) is 5.56 Å². The molecule has 0 bridgehead atoms. The lowest BCUT2D eigenvalue weighted by Gasteiger charge is -2.15. The number of hydrogen-bond acceptors (Lipinski definition) is 3. The first-order chi connectivity index (χ1) is 7.74. The van der Waals surface area contributed by atoms with Crippen LogP contribution in [0, 0.1) is 5.41 Å². The zero-order valence-electron chi connectivity index (χ0n) is 8.77. The molecule has 5 nitrogen and oxygen atoms in total. The van der Waals surface area contributed by atoms with Crippen LogP contribution < -0.4 is 11.1 Å². The van der Waals surface area contributed by atoms with Crippen LogP contribution in [0.3, 0.4) is 0 Å². The van der Waals surface area contributed by atoms with Gasteiger partial charge in [-0.25, -0.2) is 4.79 Å². The Morgan fingerprint density at radius 3 is 2.75 bits per heavy atom. The second-order valence-corrected chi connectivity index (χ2v) is 3.23. The molecule has 1 radical (unpaired) electrons. The molecule has 0 aromatic heterocycles. The molecular weight excluding hydrogens is 206 g/mol. The first kappa shape index (κ1) is 12.0. The Bertz CT molecular complexity index is 340. The molecule has 0 saturated heterocycles. The van der Waals surface area contributed by atoms with Crippen LogP contribution in [0.25, 0.3) is 0 Å². The highest BCUT2D eigenvalue weighted by Gasteiger charge is 2.11. The van der Waals surface area contributed by atoms with E-state index < -0.39 is 0 Å². The maximum atomic E-state index is 10.3. The van der Waals surface area contributed by atoms with Gasteiger partial charge in [-0.15, -0.1) is 0 Å². The van der Waals surface area contributed by atoms with Crippen molar-refractivity contribution in [2.45, 2.75) is 12.5 Å². The van der Waals surface area contributed by atoms with Gasteiger partial charge in [0.05, 0.1) is 0 Å². The van der Waals surface area contributed by atoms with Gasteiger partial charge < -0.3 is 15.8 Å². The highest BCUT2D eigenvalue weighted by Crippen LogP contribution is 2.19. The molecule has 0 fully saturated rings. The molecule has 0 aliphatic heterocycles. The van der Waals surface area contributed by atoms with Crippen molar-refractivity contribution in [1.82, 2.24) is 5.32 Å². The number of nitrogens with two attached hydrogens (primary N) is 1. The van der Waals surface area contributed by atoms with E-state index in [1.807, 2.05) is 30.3 Å². The maximum absolute atomic E-state index is 10.3. The van der Waals surface area contributed by atoms with E-state index in [4.69, 9.17) is 15.9 Å². The standard InChI is InChI=1S/C11H14N3O2/c12-11(13)14-7-6-10(16-8-15)9-4-2-1-3-5-9/h1-5,10H,6-7H2,(H4,12,13,14). The van der Waals surface area contributed by atoms with Gasteiger partial charge in [-0.2, -0.15) is 0 Å². The Kier molecular flexibility index (Phi) is 4.85. The van der Waals surface area contributed by atoms with Gasteiger partial charge in [-0.1, -0.05) is 30.3 Å². The van der Waals surface area contributed by atoms with Crippen LogP contribution in [0.4, 0.5) is 0 Å². The summed E-state index contributed by atoms with van der Waals surface area (Å²) in [5.74, 6) is -0.0955. The minimum Gasteiger partial charge on any atom is -0.449 e. The smallest absolute Gasteiger partial charge is 0.418 e. The molecule has 16 heavy (non-hydrogen) atoms. The van der Waals surface area contributed by atoms with Crippen LogP contribution >= 0.6 is 0 Å². The predicted molar refractivity (Wildman–Crippen MR) is 60.5 cm³/mol. The first-order valence-corrected chi connectivity index (χ1v) is 4.89. The van der Waals surface area contributed by atoms with Crippen molar-refractivity contribution in [2.24, 2.45) is 5.73 Å². The Balaban J connectivity index is 2.54. The van der Waals surface area contributed by atoms with Crippen LogP contribution in [0.5, 0.6) is 0 Å². The zero-order valence-corrected chi connectivity index (χ0v) is 8.77. The van der Waals surface area contributed by atoms with Crippen molar-refractivity contribution in [2.75, 3.05) is 6.54 Å². The highest BCUT2D eigenvalue weighted by molar-refractivity contribution is 5.74. The third-order valence-corrected chi connectivity index (χ3v) is 2.08. The van der Waals surface area contributed by atoms with Crippen LogP contribution in [-0.4, -0.2) is 19.0 Å². The number of carbonyl (C=O) groups excluding carboxylic acids is 1. The summed E-state index contributed by atoms with van der Waals surface area (Å²) < 4.78 is 4.85.